The third-order valence-corrected chi connectivity index (χ3v) is 4.86. The maximum absolute atomic E-state index is 12.5. The second-order valence-corrected chi connectivity index (χ2v) is 6.60. The second kappa shape index (κ2) is 6.66. The van der Waals surface area contributed by atoms with Gasteiger partial charge in [-0.15, -0.1) is 10.2 Å². The van der Waals surface area contributed by atoms with Crippen molar-refractivity contribution < 1.29 is 9.59 Å². The summed E-state index contributed by atoms with van der Waals surface area (Å²) in [6, 6.07) is 5.39. The van der Waals surface area contributed by atoms with Crippen molar-refractivity contribution in [1.82, 2.24) is 20.1 Å². The maximum Gasteiger partial charge on any atom is 0.251 e. The molecule has 0 unspecified atom stereocenters. The highest BCUT2D eigenvalue weighted by Crippen LogP contribution is 2.23. The normalized spacial score (nSPS) is 16.4. The molecule has 1 aromatic heterocycles. The van der Waals surface area contributed by atoms with E-state index in [0.717, 1.165) is 48.7 Å². The zero-order valence-electron chi connectivity index (χ0n) is 14.0. The smallest absolute Gasteiger partial charge is 0.251 e. The molecule has 0 bridgehead atoms. The topological polar surface area (TPSA) is 88.9 Å². The summed E-state index contributed by atoms with van der Waals surface area (Å²) in [7, 11) is 0. The Hall–Kier alpha value is -2.70. The first-order valence-corrected chi connectivity index (χ1v) is 8.82. The lowest BCUT2D eigenvalue weighted by molar-refractivity contribution is -0.116. The fraction of sp³-hybridized carbons (Fsp3) is 0.444. The molecule has 1 aromatic carbocycles. The Bertz CT molecular complexity index is 827. The number of carbonyl (C=O) groups excluding carboxylic acids is 2. The quantitative estimate of drug-likeness (QED) is 0.893. The van der Waals surface area contributed by atoms with Gasteiger partial charge in [0.15, 0.2) is 5.82 Å². The number of benzene rings is 1. The number of hydrogen-bond donors (Lipinski definition) is 2. The molecule has 7 nitrogen and oxygen atoms in total. The minimum atomic E-state index is -0.134. The first-order valence-electron chi connectivity index (χ1n) is 8.82. The Morgan fingerprint density at radius 2 is 2.08 bits per heavy atom. The number of nitrogens with one attached hydrogen (secondary N) is 2. The van der Waals surface area contributed by atoms with Crippen LogP contribution in [0.1, 0.15) is 53.3 Å². The van der Waals surface area contributed by atoms with Crippen LogP contribution in [0.25, 0.3) is 0 Å². The predicted octanol–water partition coefficient (Wildman–Crippen LogP) is 1.82. The Labute approximate surface area is 145 Å². The number of hydrogen-bond acceptors (Lipinski definition) is 4. The number of fused-ring (bicyclic) bond motifs is 2. The van der Waals surface area contributed by atoms with E-state index in [2.05, 4.69) is 25.4 Å². The van der Waals surface area contributed by atoms with Gasteiger partial charge in [0.25, 0.3) is 5.91 Å². The highest BCUT2D eigenvalue weighted by molar-refractivity contribution is 5.97. The largest absolute Gasteiger partial charge is 0.345 e. The molecule has 0 atom stereocenters. The van der Waals surface area contributed by atoms with Crippen LogP contribution in [0.5, 0.6) is 0 Å². The van der Waals surface area contributed by atoms with Crippen molar-refractivity contribution in [2.45, 2.75) is 51.6 Å². The van der Waals surface area contributed by atoms with E-state index in [4.69, 9.17) is 0 Å². The van der Waals surface area contributed by atoms with Gasteiger partial charge in [0, 0.05) is 30.6 Å². The summed E-state index contributed by atoms with van der Waals surface area (Å²) in [5.74, 6) is 1.73. The summed E-state index contributed by atoms with van der Waals surface area (Å²) in [4.78, 5) is 23.9. The lowest BCUT2D eigenvalue weighted by atomic mass is 10.00. The highest BCUT2D eigenvalue weighted by atomic mass is 16.2. The zero-order chi connectivity index (χ0) is 17.2. The van der Waals surface area contributed by atoms with Crippen LogP contribution >= 0.6 is 0 Å². The van der Waals surface area contributed by atoms with Gasteiger partial charge in [0.1, 0.15) is 5.82 Å². The molecule has 3 heterocycles. The molecule has 2 aromatic rings. The first-order chi connectivity index (χ1) is 12.2. The molecule has 0 radical (unpaired) electrons. The van der Waals surface area contributed by atoms with Crippen molar-refractivity contribution in [1.29, 1.82) is 0 Å². The number of rotatable bonds is 3. The standard InChI is InChI=1S/C18H21N5O2/c24-17-8-6-12-10-13(5-7-14(12)20-17)18(25)19-11-16-22-21-15-4-2-1-3-9-23(15)16/h5,7,10H,1-4,6,8-9,11H2,(H,19,25)(H,20,24). The van der Waals surface area contributed by atoms with Crippen molar-refractivity contribution in [3.05, 3.63) is 41.0 Å². The zero-order valence-corrected chi connectivity index (χ0v) is 14.0. The average molecular weight is 339 g/mol. The van der Waals surface area contributed by atoms with Crippen LogP contribution in [0, 0.1) is 0 Å². The predicted molar refractivity (Wildman–Crippen MR) is 92.1 cm³/mol. The molecule has 0 fully saturated rings. The maximum atomic E-state index is 12.5. The van der Waals surface area contributed by atoms with Gasteiger partial charge in [0.2, 0.25) is 5.91 Å². The summed E-state index contributed by atoms with van der Waals surface area (Å²) in [6.45, 7) is 1.30. The van der Waals surface area contributed by atoms with Crippen molar-refractivity contribution in [2.24, 2.45) is 0 Å². The Kier molecular flexibility index (Phi) is 4.21. The van der Waals surface area contributed by atoms with Crippen LogP contribution in [-0.2, 0) is 30.7 Å². The van der Waals surface area contributed by atoms with Crippen LogP contribution in [0.3, 0.4) is 0 Å². The summed E-state index contributed by atoms with van der Waals surface area (Å²) >= 11 is 0. The average Bonchev–Trinajstić information content (AvgIpc) is 2.85. The second-order valence-electron chi connectivity index (χ2n) is 6.60. The van der Waals surface area contributed by atoms with Crippen LogP contribution in [0.4, 0.5) is 5.69 Å². The van der Waals surface area contributed by atoms with Gasteiger partial charge in [-0.2, -0.15) is 0 Å². The fourth-order valence-electron chi connectivity index (χ4n) is 3.46. The molecule has 2 N–H and O–H groups in total. The van der Waals surface area contributed by atoms with E-state index in [9.17, 15) is 9.59 Å². The van der Waals surface area contributed by atoms with Gasteiger partial charge >= 0.3 is 0 Å². The fourth-order valence-corrected chi connectivity index (χ4v) is 3.46. The number of anilines is 1. The molecule has 7 heteroatoms. The molecule has 0 saturated heterocycles. The van der Waals surface area contributed by atoms with Crippen molar-refractivity contribution in [3.8, 4) is 0 Å². The highest BCUT2D eigenvalue weighted by Gasteiger charge is 2.18. The molecule has 2 aliphatic heterocycles. The Morgan fingerprint density at radius 3 is 3.00 bits per heavy atom. The van der Waals surface area contributed by atoms with E-state index in [1.165, 1.54) is 6.42 Å². The molecule has 130 valence electrons. The molecule has 0 saturated carbocycles. The van der Waals surface area contributed by atoms with Crippen molar-refractivity contribution >= 4 is 17.5 Å². The number of amides is 2. The molecule has 2 amide bonds. The number of carbonyl (C=O) groups is 2. The van der Waals surface area contributed by atoms with Gasteiger partial charge < -0.3 is 15.2 Å². The minimum Gasteiger partial charge on any atom is -0.345 e. The molecule has 25 heavy (non-hydrogen) atoms. The van der Waals surface area contributed by atoms with Crippen molar-refractivity contribution in [3.63, 3.8) is 0 Å². The van der Waals surface area contributed by atoms with Gasteiger partial charge in [-0.3, -0.25) is 9.59 Å². The third-order valence-electron chi connectivity index (χ3n) is 4.86. The van der Waals surface area contributed by atoms with Gasteiger partial charge in [0.05, 0.1) is 6.54 Å². The number of nitrogens with zero attached hydrogens (tertiary/aromatic N) is 3. The van der Waals surface area contributed by atoms with Crippen molar-refractivity contribution in [2.75, 3.05) is 5.32 Å². The van der Waals surface area contributed by atoms with Gasteiger partial charge in [-0.1, -0.05) is 6.42 Å². The van der Waals surface area contributed by atoms with E-state index in [0.29, 0.717) is 24.9 Å². The summed E-state index contributed by atoms with van der Waals surface area (Å²) in [5.41, 5.74) is 2.41. The SMILES string of the molecule is O=C1CCc2cc(C(=O)NCc3nnc4n3CCCCC4)ccc2N1. The summed E-state index contributed by atoms with van der Waals surface area (Å²) < 4.78 is 2.13. The molecule has 4 rings (SSSR count). The first kappa shape index (κ1) is 15.8. The van der Waals surface area contributed by atoms with E-state index in [1.807, 2.05) is 6.07 Å². The Balaban J connectivity index is 1.44. The van der Waals surface area contributed by atoms with Crippen LogP contribution < -0.4 is 10.6 Å². The molecule has 2 aliphatic rings. The van der Waals surface area contributed by atoms with E-state index in [-0.39, 0.29) is 11.8 Å². The molecule has 0 spiro atoms. The van der Waals surface area contributed by atoms with E-state index in [1.54, 1.807) is 12.1 Å². The van der Waals surface area contributed by atoms with Gasteiger partial charge in [-0.25, -0.2) is 0 Å². The van der Waals surface area contributed by atoms with E-state index >= 15 is 0 Å². The number of aromatic nitrogens is 3. The lowest BCUT2D eigenvalue weighted by Crippen LogP contribution is -2.26. The minimum absolute atomic E-state index is 0.0252. The molecule has 0 aliphatic carbocycles. The molecular formula is C18H21N5O2. The molecular weight excluding hydrogens is 318 g/mol. The Morgan fingerprint density at radius 1 is 1.16 bits per heavy atom. The van der Waals surface area contributed by atoms with E-state index < -0.39 is 0 Å². The monoisotopic (exact) mass is 339 g/mol. The van der Waals surface area contributed by atoms with Crippen LogP contribution in [0.2, 0.25) is 0 Å². The van der Waals surface area contributed by atoms with Gasteiger partial charge in [-0.05, 0) is 43.0 Å². The van der Waals surface area contributed by atoms with Crippen LogP contribution in [0.15, 0.2) is 18.2 Å². The van der Waals surface area contributed by atoms with Crippen LogP contribution in [-0.4, -0.2) is 26.6 Å². The summed E-state index contributed by atoms with van der Waals surface area (Å²) in [6.07, 6.45) is 5.57. The third kappa shape index (κ3) is 3.26. The summed E-state index contributed by atoms with van der Waals surface area (Å²) in [5, 5.41) is 14.3. The number of aryl methyl sites for hydroxylation is 2. The lowest BCUT2D eigenvalue weighted by Gasteiger charge is -2.17.